The van der Waals surface area contributed by atoms with Crippen molar-refractivity contribution in [2.24, 2.45) is 0 Å². The van der Waals surface area contributed by atoms with E-state index in [0.29, 0.717) is 14.9 Å². The highest BCUT2D eigenvalue weighted by molar-refractivity contribution is 9.10. The standard InChI is InChI=1S/C17H10BrN3O3S2/c18-13-7-6-11(24-13)14(22)20-21-16(23)10-8-12(9-4-2-1-3-5-9)26-15(10)19-17(21)25/h1-8H,(H,19,25)(H,20,22). The number of hydrogen-bond acceptors (Lipinski definition) is 5. The Morgan fingerprint density at radius 1 is 1.23 bits per heavy atom. The summed E-state index contributed by atoms with van der Waals surface area (Å²) in [6.07, 6.45) is 0. The van der Waals surface area contributed by atoms with Crippen LogP contribution in [-0.2, 0) is 0 Å². The molecule has 0 aliphatic rings. The molecule has 0 atom stereocenters. The fourth-order valence-electron chi connectivity index (χ4n) is 2.45. The number of hydrogen-bond donors (Lipinski definition) is 2. The zero-order valence-electron chi connectivity index (χ0n) is 13.0. The van der Waals surface area contributed by atoms with Crippen LogP contribution in [0.1, 0.15) is 10.6 Å². The molecule has 3 heterocycles. The molecule has 0 saturated carbocycles. The normalized spacial score (nSPS) is 11.0. The highest BCUT2D eigenvalue weighted by Gasteiger charge is 2.15. The van der Waals surface area contributed by atoms with Crippen LogP contribution < -0.4 is 11.0 Å². The molecule has 130 valence electrons. The third-order valence-electron chi connectivity index (χ3n) is 3.66. The van der Waals surface area contributed by atoms with Crippen molar-refractivity contribution in [2.45, 2.75) is 0 Å². The zero-order valence-corrected chi connectivity index (χ0v) is 16.2. The second kappa shape index (κ2) is 6.67. The van der Waals surface area contributed by atoms with Gasteiger partial charge in [-0.25, -0.2) is 0 Å². The van der Waals surface area contributed by atoms with Crippen LogP contribution in [0.4, 0.5) is 0 Å². The summed E-state index contributed by atoms with van der Waals surface area (Å²) < 4.78 is 6.72. The second-order valence-corrected chi connectivity index (χ2v) is 7.56. The molecule has 0 aliphatic carbocycles. The number of carbonyl (C=O) groups excluding carboxylic acids is 1. The fourth-order valence-corrected chi connectivity index (χ4v) is 4.10. The quantitative estimate of drug-likeness (QED) is 0.452. The van der Waals surface area contributed by atoms with E-state index < -0.39 is 11.5 Å². The molecule has 0 radical (unpaired) electrons. The van der Waals surface area contributed by atoms with Gasteiger partial charge in [0.2, 0.25) is 4.77 Å². The number of nitrogens with one attached hydrogen (secondary N) is 2. The molecule has 26 heavy (non-hydrogen) atoms. The van der Waals surface area contributed by atoms with Crippen LogP contribution in [0.5, 0.6) is 0 Å². The van der Waals surface area contributed by atoms with Crippen molar-refractivity contribution >= 4 is 55.6 Å². The van der Waals surface area contributed by atoms with Crippen molar-refractivity contribution in [3.63, 3.8) is 0 Å². The van der Waals surface area contributed by atoms with E-state index in [0.717, 1.165) is 15.1 Å². The average Bonchev–Trinajstić information content (AvgIpc) is 3.26. The van der Waals surface area contributed by atoms with E-state index in [4.69, 9.17) is 16.6 Å². The number of carbonyl (C=O) groups is 1. The lowest BCUT2D eigenvalue weighted by molar-refractivity contribution is 0.0979. The number of aromatic nitrogens is 2. The smallest absolute Gasteiger partial charge is 0.305 e. The first kappa shape index (κ1) is 17.0. The van der Waals surface area contributed by atoms with Gasteiger partial charge < -0.3 is 9.40 Å². The Morgan fingerprint density at radius 3 is 2.69 bits per heavy atom. The topological polar surface area (TPSA) is 80.0 Å². The summed E-state index contributed by atoms with van der Waals surface area (Å²) in [4.78, 5) is 29.6. The van der Waals surface area contributed by atoms with Crippen molar-refractivity contribution in [2.75, 3.05) is 5.43 Å². The maximum atomic E-state index is 12.8. The van der Waals surface area contributed by atoms with Gasteiger partial charge in [0.05, 0.1) is 5.39 Å². The molecule has 1 aromatic carbocycles. The Balaban J connectivity index is 1.78. The molecule has 6 nitrogen and oxygen atoms in total. The molecule has 0 bridgehead atoms. The van der Waals surface area contributed by atoms with Crippen molar-refractivity contribution in [1.82, 2.24) is 9.66 Å². The van der Waals surface area contributed by atoms with Crippen LogP contribution in [0.2, 0.25) is 0 Å². The minimum atomic E-state index is -0.574. The van der Waals surface area contributed by atoms with Gasteiger partial charge in [0, 0.05) is 4.88 Å². The highest BCUT2D eigenvalue weighted by Crippen LogP contribution is 2.30. The molecule has 0 spiro atoms. The van der Waals surface area contributed by atoms with Gasteiger partial charge in [-0.1, -0.05) is 30.3 Å². The molecule has 0 fully saturated rings. The van der Waals surface area contributed by atoms with E-state index in [1.54, 1.807) is 12.1 Å². The van der Waals surface area contributed by atoms with Crippen LogP contribution in [0, 0.1) is 4.77 Å². The number of halogens is 1. The highest BCUT2D eigenvalue weighted by atomic mass is 79.9. The summed E-state index contributed by atoms with van der Waals surface area (Å²) in [7, 11) is 0. The number of thiophene rings is 1. The third-order valence-corrected chi connectivity index (χ3v) is 5.47. The van der Waals surface area contributed by atoms with Crippen molar-refractivity contribution in [1.29, 1.82) is 0 Å². The van der Waals surface area contributed by atoms with Gasteiger partial charge in [-0.05, 0) is 51.9 Å². The Bertz CT molecular complexity index is 1240. The second-order valence-electron chi connectivity index (χ2n) is 5.33. The SMILES string of the molecule is O=C(Nn1c(=S)[nH]c2sc(-c3ccccc3)cc2c1=O)c1ccc(Br)o1. The van der Waals surface area contributed by atoms with Crippen LogP contribution in [0.15, 0.2) is 62.4 Å². The van der Waals surface area contributed by atoms with E-state index in [1.807, 2.05) is 30.3 Å². The number of amides is 1. The Kier molecular flexibility index (Phi) is 4.35. The number of furan rings is 1. The minimum absolute atomic E-state index is 0.0635. The number of H-pyrrole nitrogens is 1. The van der Waals surface area contributed by atoms with Gasteiger partial charge in [-0.15, -0.1) is 11.3 Å². The molecule has 3 aromatic heterocycles. The summed E-state index contributed by atoms with van der Waals surface area (Å²) >= 11 is 9.79. The van der Waals surface area contributed by atoms with Gasteiger partial charge in [-0.3, -0.25) is 15.0 Å². The van der Waals surface area contributed by atoms with Gasteiger partial charge in [-0.2, -0.15) is 4.68 Å². The molecule has 0 aliphatic heterocycles. The third kappa shape index (κ3) is 3.05. The van der Waals surface area contributed by atoms with E-state index in [-0.39, 0.29) is 10.5 Å². The maximum Gasteiger partial charge on any atom is 0.305 e. The van der Waals surface area contributed by atoms with E-state index in [9.17, 15) is 9.59 Å². The van der Waals surface area contributed by atoms with Gasteiger partial charge in [0.1, 0.15) is 4.83 Å². The van der Waals surface area contributed by atoms with E-state index in [2.05, 4.69) is 26.3 Å². The lowest BCUT2D eigenvalue weighted by Crippen LogP contribution is -2.34. The number of fused-ring (bicyclic) bond motifs is 1. The fraction of sp³-hybridized carbons (Fsp3) is 0. The zero-order chi connectivity index (χ0) is 18.3. The van der Waals surface area contributed by atoms with Crippen LogP contribution in [0.3, 0.4) is 0 Å². The first-order valence-electron chi connectivity index (χ1n) is 7.44. The number of rotatable bonds is 3. The summed E-state index contributed by atoms with van der Waals surface area (Å²) in [5, 5.41) is 0.448. The summed E-state index contributed by atoms with van der Waals surface area (Å²) in [6, 6.07) is 14.6. The largest absolute Gasteiger partial charge is 0.444 e. The lowest BCUT2D eigenvalue weighted by Gasteiger charge is -2.06. The lowest BCUT2D eigenvalue weighted by atomic mass is 10.2. The van der Waals surface area contributed by atoms with E-state index in [1.165, 1.54) is 17.4 Å². The monoisotopic (exact) mass is 447 g/mol. The molecule has 0 saturated heterocycles. The molecular weight excluding hydrogens is 438 g/mol. The van der Waals surface area contributed by atoms with Gasteiger partial charge >= 0.3 is 5.91 Å². The number of aromatic amines is 1. The molecule has 2 N–H and O–H groups in total. The van der Waals surface area contributed by atoms with Crippen LogP contribution in [0.25, 0.3) is 20.7 Å². The van der Waals surface area contributed by atoms with Crippen LogP contribution >= 0.6 is 39.5 Å². The maximum absolute atomic E-state index is 12.8. The van der Waals surface area contributed by atoms with Crippen LogP contribution in [-0.4, -0.2) is 15.6 Å². The predicted octanol–water partition coefficient (Wildman–Crippen LogP) is 4.53. The molecular formula is C17H10BrN3O3S2. The predicted molar refractivity (Wildman–Crippen MR) is 107 cm³/mol. The molecule has 9 heteroatoms. The Hall–Kier alpha value is -2.49. The summed E-state index contributed by atoms with van der Waals surface area (Å²) in [5.74, 6) is -0.510. The molecule has 4 aromatic rings. The molecule has 4 rings (SSSR count). The van der Waals surface area contributed by atoms with Gasteiger partial charge in [0.15, 0.2) is 10.4 Å². The average molecular weight is 448 g/mol. The van der Waals surface area contributed by atoms with Crippen molar-refractivity contribution in [3.05, 3.63) is 74.1 Å². The van der Waals surface area contributed by atoms with Crippen molar-refractivity contribution < 1.29 is 9.21 Å². The number of nitrogens with zero attached hydrogens (tertiary/aromatic N) is 1. The molecule has 0 unspecified atom stereocenters. The number of benzene rings is 1. The molecule has 1 amide bonds. The Morgan fingerprint density at radius 2 is 2.00 bits per heavy atom. The Labute approximate surface area is 164 Å². The van der Waals surface area contributed by atoms with E-state index >= 15 is 0 Å². The first-order chi connectivity index (χ1) is 12.5. The first-order valence-corrected chi connectivity index (χ1v) is 9.46. The van der Waals surface area contributed by atoms with Crippen molar-refractivity contribution in [3.8, 4) is 10.4 Å². The summed E-state index contributed by atoms with van der Waals surface area (Å²) in [5.41, 5.74) is 3.07. The summed E-state index contributed by atoms with van der Waals surface area (Å²) in [6.45, 7) is 0. The minimum Gasteiger partial charge on any atom is -0.444 e. The van der Waals surface area contributed by atoms with Gasteiger partial charge in [0.25, 0.3) is 5.56 Å².